The van der Waals surface area contributed by atoms with Crippen molar-refractivity contribution in [3.05, 3.63) is 60.0 Å². The highest BCUT2D eigenvalue weighted by Gasteiger charge is 2.22. The second-order valence-corrected chi connectivity index (χ2v) is 8.78. The summed E-state index contributed by atoms with van der Waals surface area (Å²) < 4.78 is 7.60. The van der Waals surface area contributed by atoms with E-state index in [1.165, 1.54) is 0 Å². The average molecular weight is 507 g/mol. The number of pyridine rings is 1. The van der Waals surface area contributed by atoms with Gasteiger partial charge in [-0.2, -0.15) is 0 Å². The minimum absolute atomic E-state index is 0.125. The summed E-state index contributed by atoms with van der Waals surface area (Å²) in [6, 6.07) is 11.7. The first-order valence-corrected chi connectivity index (χ1v) is 12.0. The number of ether oxygens (including phenoxy) is 1. The third-order valence-corrected chi connectivity index (χ3v) is 6.44. The molecule has 1 aliphatic rings. The number of imidazole rings is 1. The molecule has 0 saturated carbocycles. The van der Waals surface area contributed by atoms with E-state index >= 15 is 0 Å². The van der Waals surface area contributed by atoms with Crippen molar-refractivity contribution in [2.45, 2.75) is 0 Å². The molecule has 10 nitrogen and oxygen atoms in total. The second-order valence-electron chi connectivity index (χ2n) is 8.37. The number of aromatic nitrogens is 4. The summed E-state index contributed by atoms with van der Waals surface area (Å²) >= 11 is 6.45. The summed E-state index contributed by atoms with van der Waals surface area (Å²) in [6.07, 6.45) is 5.24. The maximum Gasteiger partial charge on any atom is 0.236 e. The maximum atomic E-state index is 12.1. The van der Waals surface area contributed by atoms with Gasteiger partial charge < -0.3 is 25.2 Å². The van der Waals surface area contributed by atoms with Crippen molar-refractivity contribution in [2.24, 2.45) is 0 Å². The number of rotatable bonds is 7. The number of amides is 1. The SMILES string of the molecule is CNCC(=O)N1CCN(c2ccc(Nc3ncc(Cl)c(-c4cnc5ccccn45)n3)c(OC)c2)CC1. The molecule has 4 aromatic rings. The molecule has 0 unspecified atom stereocenters. The van der Waals surface area contributed by atoms with Crippen LogP contribution < -0.4 is 20.3 Å². The lowest BCUT2D eigenvalue weighted by atomic mass is 10.2. The number of methoxy groups -OCH3 is 1. The van der Waals surface area contributed by atoms with E-state index in [4.69, 9.17) is 16.3 Å². The van der Waals surface area contributed by atoms with Crippen LogP contribution in [0.15, 0.2) is 55.0 Å². The van der Waals surface area contributed by atoms with Crippen molar-refractivity contribution in [3.63, 3.8) is 0 Å². The Morgan fingerprint density at radius 2 is 1.94 bits per heavy atom. The van der Waals surface area contributed by atoms with E-state index in [9.17, 15) is 4.79 Å². The average Bonchev–Trinajstić information content (AvgIpc) is 3.34. The molecule has 36 heavy (non-hydrogen) atoms. The molecule has 1 amide bonds. The number of hydrogen-bond donors (Lipinski definition) is 2. The lowest BCUT2D eigenvalue weighted by Crippen LogP contribution is -2.50. The number of benzene rings is 1. The first-order chi connectivity index (χ1) is 17.6. The van der Waals surface area contributed by atoms with Crippen LogP contribution in [-0.2, 0) is 4.79 Å². The van der Waals surface area contributed by atoms with Gasteiger partial charge in [0, 0.05) is 44.1 Å². The Labute approximate surface area is 213 Å². The van der Waals surface area contributed by atoms with Crippen LogP contribution in [0.5, 0.6) is 5.75 Å². The normalized spacial score (nSPS) is 13.8. The lowest BCUT2D eigenvalue weighted by molar-refractivity contribution is -0.130. The smallest absolute Gasteiger partial charge is 0.236 e. The van der Waals surface area contributed by atoms with Crippen molar-refractivity contribution in [1.29, 1.82) is 0 Å². The minimum atomic E-state index is 0.125. The summed E-state index contributed by atoms with van der Waals surface area (Å²) in [6.45, 7) is 3.25. The third kappa shape index (κ3) is 4.77. The zero-order valence-corrected chi connectivity index (χ0v) is 20.9. The minimum Gasteiger partial charge on any atom is -0.494 e. The van der Waals surface area contributed by atoms with Crippen molar-refractivity contribution >= 4 is 40.5 Å². The Bertz CT molecular complexity index is 1380. The van der Waals surface area contributed by atoms with E-state index in [1.54, 1.807) is 26.6 Å². The molecule has 186 valence electrons. The fourth-order valence-electron chi connectivity index (χ4n) is 4.29. The first kappa shape index (κ1) is 23.8. The van der Waals surface area contributed by atoms with Crippen LogP contribution in [0.4, 0.5) is 17.3 Å². The van der Waals surface area contributed by atoms with Crippen LogP contribution in [0.2, 0.25) is 5.02 Å². The molecule has 1 aromatic carbocycles. The van der Waals surface area contributed by atoms with Crippen LogP contribution in [0.3, 0.4) is 0 Å². The molecule has 0 radical (unpaired) electrons. The second kappa shape index (κ2) is 10.4. The molecule has 11 heteroatoms. The van der Waals surface area contributed by atoms with Gasteiger partial charge in [0.25, 0.3) is 0 Å². The first-order valence-electron chi connectivity index (χ1n) is 11.6. The van der Waals surface area contributed by atoms with Gasteiger partial charge in [0.05, 0.1) is 42.5 Å². The quantitative estimate of drug-likeness (QED) is 0.394. The van der Waals surface area contributed by atoms with Crippen molar-refractivity contribution in [3.8, 4) is 17.1 Å². The standard InChI is InChI=1S/C25H27ClN8O2/c1-27-16-23(35)33-11-9-32(10-12-33)17-6-7-19(21(13-17)36-2)30-25-29-14-18(26)24(31-25)20-15-28-22-5-3-4-8-34(20)22/h3-8,13-15,27H,9-12,16H2,1-2H3,(H,29,30,31). The summed E-state index contributed by atoms with van der Waals surface area (Å²) in [5.74, 6) is 1.18. The fraction of sp³-hybridized carbons (Fsp3) is 0.280. The number of nitrogens with zero attached hydrogens (tertiary/aromatic N) is 6. The van der Waals surface area contributed by atoms with Crippen molar-refractivity contribution < 1.29 is 9.53 Å². The summed E-state index contributed by atoms with van der Waals surface area (Å²) in [4.78, 5) is 29.7. The van der Waals surface area contributed by atoms with Crippen molar-refractivity contribution in [2.75, 3.05) is 57.1 Å². The Morgan fingerprint density at radius 3 is 2.72 bits per heavy atom. The van der Waals surface area contributed by atoms with Crippen LogP contribution in [-0.4, -0.2) is 77.0 Å². The van der Waals surface area contributed by atoms with Gasteiger partial charge in [-0.05, 0) is 31.3 Å². The van der Waals surface area contributed by atoms with Gasteiger partial charge in [-0.1, -0.05) is 17.7 Å². The number of piperazine rings is 1. The number of anilines is 3. The largest absolute Gasteiger partial charge is 0.494 e. The molecule has 3 aromatic heterocycles. The number of carbonyl (C=O) groups is 1. The zero-order chi connectivity index (χ0) is 25.1. The monoisotopic (exact) mass is 506 g/mol. The molecule has 0 bridgehead atoms. The number of carbonyl (C=O) groups excluding carboxylic acids is 1. The number of halogens is 1. The Morgan fingerprint density at radius 1 is 1.11 bits per heavy atom. The zero-order valence-electron chi connectivity index (χ0n) is 20.1. The maximum absolute atomic E-state index is 12.1. The number of hydrogen-bond acceptors (Lipinski definition) is 8. The fourth-order valence-corrected chi connectivity index (χ4v) is 4.48. The van der Waals surface area contributed by atoms with Crippen LogP contribution >= 0.6 is 11.6 Å². The summed E-state index contributed by atoms with van der Waals surface area (Å²) in [5.41, 5.74) is 3.92. The van der Waals surface area contributed by atoms with E-state index in [0.29, 0.717) is 42.0 Å². The molecule has 0 atom stereocenters. The molecule has 0 spiro atoms. The van der Waals surface area contributed by atoms with Gasteiger partial charge in [0.1, 0.15) is 17.1 Å². The summed E-state index contributed by atoms with van der Waals surface area (Å²) in [7, 11) is 3.41. The molecule has 5 rings (SSSR count). The van der Waals surface area contributed by atoms with Gasteiger partial charge >= 0.3 is 0 Å². The molecule has 2 N–H and O–H groups in total. The number of likely N-dealkylation sites (N-methyl/N-ethyl adjacent to an activating group) is 1. The lowest BCUT2D eigenvalue weighted by Gasteiger charge is -2.36. The van der Waals surface area contributed by atoms with E-state index in [0.717, 1.165) is 35.8 Å². The van der Waals surface area contributed by atoms with Gasteiger partial charge in [0.2, 0.25) is 11.9 Å². The molecule has 1 aliphatic heterocycles. The summed E-state index contributed by atoms with van der Waals surface area (Å²) in [5, 5.41) is 6.61. The highest BCUT2D eigenvalue weighted by atomic mass is 35.5. The topological polar surface area (TPSA) is 99.9 Å². The van der Waals surface area contributed by atoms with E-state index < -0.39 is 0 Å². The number of nitrogens with one attached hydrogen (secondary N) is 2. The Kier molecular flexibility index (Phi) is 6.88. The van der Waals surface area contributed by atoms with Gasteiger partial charge in [-0.25, -0.2) is 15.0 Å². The van der Waals surface area contributed by atoms with Crippen LogP contribution in [0, 0.1) is 0 Å². The van der Waals surface area contributed by atoms with Gasteiger partial charge in [0.15, 0.2) is 0 Å². The van der Waals surface area contributed by atoms with Crippen LogP contribution in [0.25, 0.3) is 17.0 Å². The van der Waals surface area contributed by atoms with E-state index in [2.05, 4.69) is 30.5 Å². The number of fused-ring (bicyclic) bond motifs is 1. The van der Waals surface area contributed by atoms with E-state index in [1.807, 2.05) is 51.9 Å². The Balaban J connectivity index is 1.34. The highest BCUT2D eigenvalue weighted by molar-refractivity contribution is 6.32. The third-order valence-electron chi connectivity index (χ3n) is 6.16. The molecular formula is C25H27ClN8O2. The molecule has 0 aliphatic carbocycles. The Hall–Kier alpha value is -3.89. The highest BCUT2D eigenvalue weighted by Crippen LogP contribution is 2.33. The van der Waals surface area contributed by atoms with Crippen molar-refractivity contribution in [1.82, 2.24) is 29.6 Å². The predicted molar refractivity (Wildman–Crippen MR) is 140 cm³/mol. The molecular weight excluding hydrogens is 480 g/mol. The van der Waals surface area contributed by atoms with E-state index in [-0.39, 0.29) is 5.91 Å². The predicted octanol–water partition coefficient (Wildman–Crippen LogP) is 3.06. The molecule has 1 saturated heterocycles. The molecule has 1 fully saturated rings. The molecule has 4 heterocycles. The van der Waals surface area contributed by atoms with Gasteiger partial charge in [-0.15, -0.1) is 0 Å². The van der Waals surface area contributed by atoms with Gasteiger partial charge in [-0.3, -0.25) is 9.20 Å². The van der Waals surface area contributed by atoms with Crippen LogP contribution in [0.1, 0.15) is 0 Å².